The molecule has 0 saturated carbocycles. The lowest BCUT2D eigenvalue weighted by molar-refractivity contribution is 0.0267. The second-order valence-corrected chi connectivity index (χ2v) is 4.76. The molecule has 0 aromatic heterocycles. The van der Waals surface area contributed by atoms with E-state index in [0.29, 0.717) is 6.54 Å². The number of likely N-dealkylation sites (tertiary alicyclic amines) is 1. The first kappa shape index (κ1) is 12.8. The number of hydrazone groups is 1. The van der Waals surface area contributed by atoms with Crippen LogP contribution in [0.15, 0.2) is 5.10 Å². The molecule has 0 unspecified atom stereocenters. The summed E-state index contributed by atoms with van der Waals surface area (Å²) in [6.07, 6.45) is 2.93. The summed E-state index contributed by atoms with van der Waals surface area (Å²) in [5.74, 6) is 0. The third-order valence-electron chi connectivity index (χ3n) is 2.23. The van der Waals surface area contributed by atoms with Gasteiger partial charge in [0.05, 0.1) is 6.04 Å². The fraction of sp³-hybridized carbons (Fsp3) is 0.800. The summed E-state index contributed by atoms with van der Waals surface area (Å²) in [5.41, 5.74) is 1.20. The van der Waals surface area contributed by atoms with Crippen LogP contribution in [0.1, 0.15) is 33.6 Å². The lowest BCUT2D eigenvalue weighted by atomic mass is 10.2. The second kappa shape index (κ2) is 5.16. The minimum Gasteiger partial charge on any atom is -0.444 e. The van der Waals surface area contributed by atoms with Crippen LogP contribution in [0.5, 0.6) is 0 Å². The molecule has 0 aromatic rings. The van der Waals surface area contributed by atoms with Crippen molar-refractivity contribution < 1.29 is 14.7 Å². The Hall–Kier alpha value is -1.30. The van der Waals surface area contributed by atoms with Gasteiger partial charge in [-0.15, -0.1) is 0 Å². The number of carbonyl (C=O) groups is 1. The number of nitrogens with one attached hydrogen (secondary N) is 1. The highest BCUT2D eigenvalue weighted by atomic mass is 16.6. The van der Waals surface area contributed by atoms with E-state index in [9.17, 15) is 4.79 Å². The molecule has 1 aliphatic rings. The van der Waals surface area contributed by atoms with Crippen LogP contribution in [0, 0.1) is 0 Å². The van der Waals surface area contributed by atoms with Gasteiger partial charge in [0.25, 0.3) is 0 Å². The van der Waals surface area contributed by atoms with Crippen molar-refractivity contribution in [3.8, 4) is 0 Å². The summed E-state index contributed by atoms with van der Waals surface area (Å²) < 4.78 is 5.27. The number of hydrogen-bond acceptors (Lipinski definition) is 5. The Kier molecular flexibility index (Phi) is 4.12. The van der Waals surface area contributed by atoms with Crippen LogP contribution < -0.4 is 5.59 Å². The van der Waals surface area contributed by atoms with E-state index in [4.69, 9.17) is 9.94 Å². The van der Waals surface area contributed by atoms with Gasteiger partial charge in [-0.25, -0.2) is 4.79 Å². The third kappa shape index (κ3) is 3.69. The highest BCUT2D eigenvalue weighted by molar-refractivity contribution is 5.76. The number of ether oxygens (including phenoxy) is 1. The minimum absolute atomic E-state index is 0.102. The van der Waals surface area contributed by atoms with Crippen LogP contribution in [0.25, 0.3) is 0 Å². The zero-order valence-electron chi connectivity index (χ0n) is 9.93. The number of hydrogen-bond donors (Lipinski definition) is 2. The molecule has 1 aliphatic heterocycles. The van der Waals surface area contributed by atoms with Crippen molar-refractivity contribution in [1.29, 1.82) is 0 Å². The smallest absolute Gasteiger partial charge is 0.410 e. The van der Waals surface area contributed by atoms with Crippen molar-refractivity contribution >= 4 is 12.3 Å². The molecule has 1 saturated heterocycles. The van der Waals surface area contributed by atoms with Gasteiger partial charge in [0.2, 0.25) is 0 Å². The number of amides is 1. The second-order valence-electron chi connectivity index (χ2n) is 4.76. The molecule has 6 nitrogen and oxygen atoms in total. The van der Waals surface area contributed by atoms with E-state index in [1.54, 1.807) is 10.5 Å². The van der Waals surface area contributed by atoms with Gasteiger partial charge in [0, 0.05) is 12.8 Å². The van der Waals surface area contributed by atoms with Crippen LogP contribution >= 0.6 is 0 Å². The molecule has 0 bridgehead atoms. The summed E-state index contributed by atoms with van der Waals surface area (Å²) in [4.78, 5) is 13.4. The van der Waals surface area contributed by atoms with Crippen molar-refractivity contribution in [1.82, 2.24) is 10.5 Å². The average molecular weight is 229 g/mol. The molecule has 6 heteroatoms. The van der Waals surface area contributed by atoms with E-state index in [-0.39, 0.29) is 12.1 Å². The van der Waals surface area contributed by atoms with E-state index in [1.807, 2.05) is 20.8 Å². The van der Waals surface area contributed by atoms with Gasteiger partial charge in [-0.1, -0.05) is 0 Å². The maximum Gasteiger partial charge on any atom is 0.410 e. The molecular formula is C10H19N3O3. The Bertz CT molecular complexity index is 273. The van der Waals surface area contributed by atoms with E-state index in [0.717, 1.165) is 12.8 Å². The molecule has 0 aromatic carbocycles. The van der Waals surface area contributed by atoms with E-state index < -0.39 is 5.60 Å². The molecule has 1 heterocycles. The summed E-state index contributed by atoms with van der Waals surface area (Å²) >= 11 is 0. The van der Waals surface area contributed by atoms with Gasteiger partial charge < -0.3 is 9.64 Å². The normalized spacial score (nSPS) is 21.5. The molecule has 0 spiro atoms. The van der Waals surface area contributed by atoms with Gasteiger partial charge in [-0.2, -0.15) is 10.7 Å². The Balaban J connectivity index is 2.57. The highest BCUT2D eigenvalue weighted by Gasteiger charge is 2.31. The average Bonchev–Trinajstić information content (AvgIpc) is 2.59. The molecule has 1 rings (SSSR count). The maximum absolute atomic E-state index is 11.8. The number of rotatable bonds is 2. The van der Waals surface area contributed by atoms with Crippen LogP contribution in [-0.4, -0.2) is 40.6 Å². The van der Waals surface area contributed by atoms with E-state index in [2.05, 4.69) is 5.10 Å². The maximum atomic E-state index is 11.8. The first-order valence-electron chi connectivity index (χ1n) is 5.36. The van der Waals surface area contributed by atoms with Crippen LogP contribution in [0.4, 0.5) is 4.79 Å². The summed E-state index contributed by atoms with van der Waals surface area (Å²) in [5, 5.41) is 11.9. The molecule has 0 aliphatic carbocycles. The summed E-state index contributed by atoms with van der Waals surface area (Å²) in [7, 11) is 0. The first-order valence-corrected chi connectivity index (χ1v) is 5.36. The van der Waals surface area contributed by atoms with Crippen molar-refractivity contribution in [3.05, 3.63) is 0 Å². The van der Waals surface area contributed by atoms with Gasteiger partial charge in [-0.05, 0) is 33.6 Å². The van der Waals surface area contributed by atoms with Crippen LogP contribution in [-0.2, 0) is 4.74 Å². The lowest BCUT2D eigenvalue weighted by Crippen LogP contribution is -2.40. The molecule has 1 fully saturated rings. The standard InChI is InChI=1S/C10H19N3O3/c1-10(2,3)16-9(14)13-6-4-5-8(13)7-11-12-15/h7-8,12,15H,4-6H2,1-3H3/t8-/m0/s1. The number of carbonyl (C=O) groups excluding carboxylic acids is 1. The largest absolute Gasteiger partial charge is 0.444 e. The summed E-state index contributed by atoms with van der Waals surface area (Å²) in [6.45, 7) is 6.16. The Morgan fingerprint density at radius 3 is 2.88 bits per heavy atom. The predicted molar refractivity (Wildman–Crippen MR) is 59.4 cm³/mol. The minimum atomic E-state index is -0.489. The van der Waals surface area contributed by atoms with Crippen molar-refractivity contribution in [2.75, 3.05) is 6.54 Å². The van der Waals surface area contributed by atoms with Crippen LogP contribution in [0.2, 0.25) is 0 Å². The summed E-state index contributed by atoms with van der Waals surface area (Å²) in [6, 6.07) is -0.102. The highest BCUT2D eigenvalue weighted by Crippen LogP contribution is 2.19. The van der Waals surface area contributed by atoms with E-state index >= 15 is 0 Å². The van der Waals surface area contributed by atoms with Crippen molar-refractivity contribution in [2.45, 2.75) is 45.3 Å². The first-order chi connectivity index (χ1) is 7.44. The lowest BCUT2D eigenvalue weighted by Gasteiger charge is -2.26. The van der Waals surface area contributed by atoms with Gasteiger partial charge in [0.15, 0.2) is 0 Å². The molecule has 1 amide bonds. The molecule has 16 heavy (non-hydrogen) atoms. The Labute approximate surface area is 95.2 Å². The third-order valence-corrected chi connectivity index (χ3v) is 2.23. The van der Waals surface area contributed by atoms with Gasteiger partial charge in [0.1, 0.15) is 5.60 Å². The fourth-order valence-corrected chi connectivity index (χ4v) is 1.61. The SMILES string of the molecule is CC(C)(C)OC(=O)N1CCC[C@H]1C=NNO. The van der Waals surface area contributed by atoms with Gasteiger partial charge >= 0.3 is 6.09 Å². The molecule has 1 atom stereocenters. The molecular weight excluding hydrogens is 210 g/mol. The zero-order chi connectivity index (χ0) is 12.2. The monoisotopic (exact) mass is 229 g/mol. The Morgan fingerprint density at radius 1 is 1.62 bits per heavy atom. The van der Waals surface area contributed by atoms with Crippen molar-refractivity contribution in [3.63, 3.8) is 0 Å². The predicted octanol–water partition coefficient (Wildman–Crippen LogP) is 1.35. The molecule has 2 N–H and O–H groups in total. The zero-order valence-corrected chi connectivity index (χ0v) is 9.93. The Morgan fingerprint density at radius 2 is 2.31 bits per heavy atom. The number of nitrogens with zero attached hydrogens (tertiary/aromatic N) is 2. The topological polar surface area (TPSA) is 74.2 Å². The van der Waals surface area contributed by atoms with Gasteiger partial charge in [-0.3, -0.25) is 5.21 Å². The molecule has 0 radical (unpaired) electrons. The molecule has 92 valence electrons. The fourth-order valence-electron chi connectivity index (χ4n) is 1.61. The van der Waals surface area contributed by atoms with Crippen molar-refractivity contribution in [2.24, 2.45) is 5.10 Å². The van der Waals surface area contributed by atoms with Crippen LogP contribution in [0.3, 0.4) is 0 Å². The van der Waals surface area contributed by atoms with E-state index in [1.165, 1.54) is 6.21 Å². The quantitative estimate of drug-likeness (QED) is 0.553.